The van der Waals surface area contributed by atoms with Crippen LogP contribution in [-0.2, 0) is 6.42 Å². The fourth-order valence-corrected chi connectivity index (χ4v) is 3.73. The number of hydrogen-bond donors (Lipinski definition) is 1. The first-order valence-electron chi connectivity index (χ1n) is 8.98. The lowest BCUT2D eigenvalue weighted by molar-refractivity contribution is 0.0688. The number of nitrogens with zero attached hydrogens (tertiary/aromatic N) is 3. The van der Waals surface area contributed by atoms with Crippen LogP contribution in [0.1, 0.15) is 57.1 Å². The summed E-state index contributed by atoms with van der Waals surface area (Å²) in [6, 6.07) is 6.11. The van der Waals surface area contributed by atoms with Crippen molar-refractivity contribution in [1.82, 2.24) is 14.7 Å². The summed E-state index contributed by atoms with van der Waals surface area (Å²) in [6.45, 7) is 1.31. The average molecular weight is 351 g/mol. The van der Waals surface area contributed by atoms with Crippen LogP contribution >= 0.6 is 0 Å². The molecular weight excluding hydrogens is 330 g/mol. The Labute approximate surface area is 151 Å². The van der Waals surface area contributed by atoms with Crippen LogP contribution in [-0.4, -0.2) is 44.8 Å². The smallest absolute Gasteiger partial charge is 0.338 e. The molecule has 1 aliphatic heterocycles. The van der Waals surface area contributed by atoms with E-state index in [0.29, 0.717) is 13.1 Å². The van der Waals surface area contributed by atoms with Crippen LogP contribution in [0.15, 0.2) is 36.7 Å². The number of benzene rings is 1. The molecule has 1 amide bonds. The maximum Gasteiger partial charge on any atom is 0.338 e. The molecule has 0 saturated carbocycles. The van der Waals surface area contributed by atoms with Gasteiger partial charge in [0.05, 0.1) is 17.8 Å². The van der Waals surface area contributed by atoms with Crippen LogP contribution in [0.25, 0.3) is 6.08 Å². The Morgan fingerprint density at radius 2 is 1.96 bits per heavy atom. The van der Waals surface area contributed by atoms with Gasteiger partial charge in [-0.25, -0.2) is 4.79 Å². The van der Waals surface area contributed by atoms with E-state index in [1.807, 2.05) is 23.1 Å². The van der Waals surface area contributed by atoms with Crippen molar-refractivity contribution in [3.63, 3.8) is 0 Å². The van der Waals surface area contributed by atoms with E-state index in [4.69, 9.17) is 5.11 Å². The van der Waals surface area contributed by atoms with Gasteiger partial charge in [-0.1, -0.05) is 18.2 Å². The number of aromatic carboxylic acids is 1. The molecule has 2 heterocycles. The standard InChI is InChI=1S/C20H21N3O3/c24-19(16-6-5-14-3-1-2-4-15(14)11-16)22-9-7-18(8-10-22)23-13-17(12-21-23)20(25)26/h1,3,5-6,11-13,18H,2,4,7-10H2,(H,25,26). The molecule has 6 heteroatoms. The van der Waals surface area contributed by atoms with E-state index in [1.165, 1.54) is 17.3 Å². The van der Waals surface area contributed by atoms with Gasteiger partial charge >= 0.3 is 5.97 Å². The number of fused-ring (bicyclic) bond motifs is 1. The molecule has 1 aromatic carbocycles. The minimum atomic E-state index is -0.967. The second-order valence-corrected chi connectivity index (χ2v) is 6.89. The second-order valence-electron chi connectivity index (χ2n) is 6.89. The molecule has 0 spiro atoms. The van der Waals surface area contributed by atoms with Gasteiger partial charge in [0.25, 0.3) is 5.91 Å². The molecular formula is C20H21N3O3. The van der Waals surface area contributed by atoms with Gasteiger partial charge in [-0.3, -0.25) is 9.48 Å². The Kier molecular flexibility index (Phi) is 4.32. The zero-order chi connectivity index (χ0) is 18.1. The van der Waals surface area contributed by atoms with Crippen molar-refractivity contribution < 1.29 is 14.7 Å². The minimum absolute atomic E-state index is 0.0764. The number of rotatable bonds is 3. The van der Waals surface area contributed by atoms with E-state index in [2.05, 4.69) is 17.3 Å². The Morgan fingerprint density at radius 3 is 2.69 bits per heavy atom. The first-order chi connectivity index (χ1) is 12.6. The molecule has 1 fully saturated rings. The normalized spacial score (nSPS) is 17.2. The van der Waals surface area contributed by atoms with E-state index in [0.717, 1.165) is 31.2 Å². The Hall–Kier alpha value is -2.89. The average Bonchev–Trinajstić information content (AvgIpc) is 3.18. The lowest BCUT2D eigenvalue weighted by Crippen LogP contribution is -2.39. The zero-order valence-electron chi connectivity index (χ0n) is 14.5. The fraction of sp³-hybridized carbons (Fsp3) is 0.350. The molecule has 2 aliphatic rings. The van der Waals surface area contributed by atoms with Crippen LogP contribution < -0.4 is 0 Å². The third-order valence-corrected chi connectivity index (χ3v) is 5.24. The summed E-state index contributed by atoms with van der Waals surface area (Å²) in [5.74, 6) is -0.890. The highest BCUT2D eigenvalue weighted by Gasteiger charge is 2.26. The topological polar surface area (TPSA) is 75.4 Å². The first kappa shape index (κ1) is 16.6. The summed E-state index contributed by atoms with van der Waals surface area (Å²) in [4.78, 5) is 25.7. The molecule has 6 nitrogen and oxygen atoms in total. The van der Waals surface area contributed by atoms with Gasteiger partial charge in [0, 0.05) is 24.8 Å². The zero-order valence-corrected chi connectivity index (χ0v) is 14.5. The number of allylic oxidation sites excluding steroid dienone is 1. The van der Waals surface area contributed by atoms with E-state index >= 15 is 0 Å². The largest absolute Gasteiger partial charge is 0.478 e. The molecule has 4 rings (SSSR count). The number of aryl methyl sites for hydroxylation is 1. The number of amides is 1. The number of carbonyl (C=O) groups is 2. The van der Waals surface area contributed by atoms with Crippen LogP contribution in [0, 0.1) is 0 Å². The minimum Gasteiger partial charge on any atom is -0.478 e. The van der Waals surface area contributed by atoms with Gasteiger partial charge in [0.2, 0.25) is 0 Å². The Bertz CT molecular complexity index is 876. The van der Waals surface area contributed by atoms with Gasteiger partial charge in [-0.05, 0) is 48.9 Å². The summed E-state index contributed by atoms with van der Waals surface area (Å²) >= 11 is 0. The number of carbonyl (C=O) groups excluding carboxylic acids is 1. The maximum atomic E-state index is 12.8. The highest BCUT2D eigenvalue weighted by molar-refractivity contribution is 5.95. The number of hydrogen-bond acceptors (Lipinski definition) is 3. The maximum absolute atomic E-state index is 12.8. The Balaban J connectivity index is 1.42. The summed E-state index contributed by atoms with van der Waals surface area (Å²) in [7, 11) is 0. The van der Waals surface area contributed by atoms with Gasteiger partial charge in [-0.2, -0.15) is 5.10 Å². The molecule has 0 atom stereocenters. The third kappa shape index (κ3) is 3.14. The predicted octanol–water partition coefficient (Wildman–Crippen LogP) is 3.02. The van der Waals surface area contributed by atoms with Gasteiger partial charge < -0.3 is 10.0 Å². The van der Waals surface area contributed by atoms with Crippen LogP contribution in [0.4, 0.5) is 0 Å². The molecule has 1 saturated heterocycles. The summed E-state index contributed by atoms with van der Waals surface area (Å²) in [5.41, 5.74) is 3.40. The fourth-order valence-electron chi connectivity index (χ4n) is 3.73. The predicted molar refractivity (Wildman–Crippen MR) is 97.2 cm³/mol. The monoisotopic (exact) mass is 351 g/mol. The molecule has 1 aromatic heterocycles. The van der Waals surface area contributed by atoms with Crippen molar-refractivity contribution >= 4 is 18.0 Å². The van der Waals surface area contributed by atoms with E-state index in [1.54, 1.807) is 10.9 Å². The van der Waals surface area contributed by atoms with Crippen LogP contribution in [0.3, 0.4) is 0 Å². The van der Waals surface area contributed by atoms with E-state index < -0.39 is 5.97 Å². The van der Waals surface area contributed by atoms with Crippen molar-refractivity contribution in [1.29, 1.82) is 0 Å². The molecule has 134 valence electrons. The number of carboxylic acids is 1. The number of piperidine rings is 1. The van der Waals surface area contributed by atoms with Crippen molar-refractivity contribution in [2.45, 2.75) is 31.7 Å². The number of likely N-dealkylation sites (tertiary alicyclic amines) is 1. The SMILES string of the molecule is O=C(O)c1cnn(C2CCN(C(=O)c3ccc4c(c3)CCC=C4)CC2)c1. The van der Waals surface area contributed by atoms with E-state index in [-0.39, 0.29) is 17.5 Å². The lowest BCUT2D eigenvalue weighted by atomic mass is 9.95. The number of aromatic nitrogens is 2. The quantitative estimate of drug-likeness (QED) is 0.922. The van der Waals surface area contributed by atoms with Crippen molar-refractivity contribution in [3.8, 4) is 0 Å². The summed E-state index contributed by atoms with van der Waals surface area (Å²) in [5, 5.41) is 13.2. The van der Waals surface area contributed by atoms with Crippen molar-refractivity contribution in [2.24, 2.45) is 0 Å². The van der Waals surface area contributed by atoms with Gasteiger partial charge in [0.1, 0.15) is 0 Å². The molecule has 0 unspecified atom stereocenters. The number of carboxylic acid groups (broad SMARTS) is 1. The molecule has 26 heavy (non-hydrogen) atoms. The lowest BCUT2D eigenvalue weighted by Gasteiger charge is -2.32. The molecule has 1 aliphatic carbocycles. The Morgan fingerprint density at radius 1 is 1.15 bits per heavy atom. The van der Waals surface area contributed by atoms with Crippen LogP contribution in [0.2, 0.25) is 0 Å². The molecule has 2 aromatic rings. The highest BCUT2D eigenvalue weighted by Crippen LogP contribution is 2.25. The summed E-state index contributed by atoms with van der Waals surface area (Å²) < 4.78 is 1.72. The first-order valence-corrected chi connectivity index (χ1v) is 8.98. The molecule has 0 radical (unpaired) electrons. The van der Waals surface area contributed by atoms with E-state index in [9.17, 15) is 9.59 Å². The van der Waals surface area contributed by atoms with Gasteiger partial charge in [0.15, 0.2) is 0 Å². The second kappa shape index (κ2) is 6.78. The van der Waals surface area contributed by atoms with Crippen molar-refractivity contribution in [3.05, 3.63) is 58.9 Å². The van der Waals surface area contributed by atoms with Crippen LogP contribution in [0.5, 0.6) is 0 Å². The molecule has 0 bridgehead atoms. The van der Waals surface area contributed by atoms with Gasteiger partial charge in [-0.15, -0.1) is 0 Å². The summed E-state index contributed by atoms with van der Waals surface area (Å²) in [6.07, 6.45) is 10.8. The third-order valence-electron chi connectivity index (χ3n) is 5.24. The van der Waals surface area contributed by atoms with Crippen molar-refractivity contribution in [2.75, 3.05) is 13.1 Å². The molecule has 1 N–H and O–H groups in total. The highest BCUT2D eigenvalue weighted by atomic mass is 16.4.